The quantitative estimate of drug-likeness (QED) is 0.387. The summed E-state index contributed by atoms with van der Waals surface area (Å²) in [5.41, 5.74) is 0.968. The van der Waals surface area contributed by atoms with E-state index in [1.54, 1.807) is 7.11 Å². The number of aliphatic hydroxyl groups is 2. The van der Waals surface area contributed by atoms with E-state index in [2.05, 4.69) is 28.9 Å². The van der Waals surface area contributed by atoms with E-state index in [9.17, 15) is 15.0 Å². The van der Waals surface area contributed by atoms with E-state index in [-0.39, 0.29) is 46.9 Å². The van der Waals surface area contributed by atoms with Gasteiger partial charge in [-0.05, 0) is 61.7 Å². The molecule has 0 heterocycles. The summed E-state index contributed by atoms with van der Waals surface area (Å²) in [5, 5.41) is 21.7. The Balaban J connectivity index is 1.70. The van der Waals surface area contributed by atoms with E-state index in [1.807, 2.05) is 0 Å². The highest BCUT2D eigenvalue weighted by Gasteiger charge is 2.65. The van der Waals surface area contributed by atoms with Crippen molar-refractivity contribution in [1.82, 2.24) is 0 Å². The van der Waals surface area contributed by atoms with E-state index in [4.69, 9.17) is 9.47 Å². The molecule has 0 radical (unpaired) electrons. The zero-order valence-electron chi connectivity index (χ0n) is 17.1. The molecule has 4 aliphatic rings. The van der Waals surface area contributed by atoms with Crippen molar-refractivity contribution in [2.75, 3.05) is 13.7 Å². The number of carbonyl (C=O) groups is 1. The first-order chi connectivity index (χ1) is 13.3. The van der Waals surface area contributed by atoms with Gasteiger partial charge in [0.2, 0.25) is 0 Å². The highest BCUT2D eigenvalue weighted by molar-refractivity contribution is 9.09. The van der Waals surface area contributed by atoms with Crippen molar-refractivity contribution in [3.63, 3.8) is 0 Å². The van der Waals surface area contributed by atoms with Crippen LogP contribution in [-0.4, -0.2) is 53.0 Å². The maximum absolute atomic E-state index is 11.7. The third-order valence-electron chi connectivity index (χ3n) is 8.63. The number of ether oxygens (including phenoxy) is 2. The monoisotopic (exact) mass is 456 g/mol. The summed E-state index contributed by atoms with van der Waals surface area (Å²) in [5.74, 6) is 0.311. The molecule has 4 unspecified atom stereocenters. The Labute approximate surface area is 176 Å². The number of alkyl halides is 1. The second-order valence-electron chi connectivity index (χ2n) is 9.70. The zero-order valence-corrected chi connectivity index (χ0v) is 18.7. The molecule has 6 heteroatoms. The van der Waals surface area contributed by atoms with Gasteiger partial charge >= 0.3 is 5.97 Å². The topological polar surface area (TPSA) is 76.0 Å². The summed E-state index contributed by atoms with van der Waals surface area (Å²) < 4.78 is 11.3. The van der Waals surface area contributed by atoms with Crippen LogP contribution in [0.1, 0.15) is 52.4 Å². The lowest BCUT2D eigenvalue weighted by molar-refractivity contribution is -0.166. The Morgan fingerprint density at radius 2 is 2.07 bits per heavy atom. The van der Waals surface area contributed by atoms with Crippen LogP contribution in [0, 0.1) is 28.6 Å². The van der Waals surface area contributed by atoms with Crippen LogP contribution in [0.2, 0.25) is 0 Å². The molecule has 0 aromatic rings. The van der Waals surface area contributed by atoms with Crippen molar-refractivity contribution in [3.05, 3.63) is 11.6 Å². The van der Waals surface area contributed by atoms with Gasteiger partial charge in [0, 0.05) is 19.4 Å². The molecule has 3 saturated carbocycles. The van der Waals surface area contributed by atoms with Crippen molar-refractivity contribution in [2.45, 2.75) is 75.5 Å². The Kier molecular flexibility index (Phi) is 5.48. The number of halogens is 1. The molecule has 0 spiro atoms. The van der Waals surface area contributed by atoms with Crippen molar-refractivity contribution in [3.8, 4) is 0 Å². The lowest BCUT2D eigenvalue weighted by atomic mass is 9.47. The molecule has 4 aliphatic carbocycles. The van der Waals surface area contributed by atoms with Crippen molar-refractivity contribution in [2.24, 2.45) is 28.6 Å². The van der Waals surface area contributed by atoms with Gasteiger partial charge in [0.15, 0.2) is 0 Å². The average molecular weight is 457 g/mol. The second kappa shape index (κ2) is 7.36. The highest BCUT2D eigenvalue weighted by atomic mass is 79.9. The average Bonchev–Trinajstić information content (AvgIpc) is 2.94. The van der Waals surface area contributed by atoms with Gasteiger partial charge in [0.25, 0.3) is 0 Å². The van der Waals surface area contributed by atoms with Crippen LogP contribution in [0.5, 0.6) is 0 Å². The number of rotatable bonds is 3. The highest BCUT2D eigenvalue weighted by Crippen LogP contribution is 2.66. The van der Waals surface area contributed by atoms with Gasteiger partial charge in [-0.3, -0.25) is 4.79 Å². The van der Waals surface area contributed by atoms with E-state index >= 15 is 0 Å². The van der Waals surface area contributed by atoms with Crippen molar-refractivity contribution < 1.29 is 24.5 Å². The molecule has 0 saturated heterocycles. The van der Waals surface area contributed by atoms with Crippen LogP contribution in [0.4, 0.5) is 0 Å². The number of fused-ring (bicyclic) bond motifs is 5. The van der Waals surface area contributed by atoms with E-state index in [0.29, 0.717) is 5.92 Å². The Bertz CT molecular complexity index is 665. The molecular weight excluding hydrogens is 424 g/mol. The van der Waals surface area contributed by atoms with Crippen LogP contribution >= 0.6 is 15.9 Å². The second-order valence-corrected chi connectivity index (χ2v) is 10.9. The van der Waals surface area contributed by atoms with Crippen LogP contribution < -0.4 is 0 Å². The Hall–Kier alpha value is -0.430. The summed E-state index contributed by atoms with van der Waals surface area (Å²) in [6.07, 6.45) is 7.10. The maximum Gasteiger partial charge on any atom is 0.302 e. The Morgan fingerprint density at radius 3 is 2.71 bits per heavy atom. The SMILES string of the molecule is CO[C@H]1CC[C@@]2(C)C(=C[C@H](O)C3C4C[C@@H](Br)C(OC(C)=O)[C@@]4(CO)CCC32)C1. The van der Waals surface area contributed by atoms with Crippen LogP contribution in [0.25, 0.3) is 0 Å². The smallest absolute Gasteiger partial charge is 0.302 e. The summed E-state index contributed by atoms with van der Waals surface area (Å²) in [6, 6.07) is 0. The summed E-state index contributed by atoms with van der Waals surface area (Å²) in [6.45, 7) is 3.79. The van der Waals surface area contributed by atoms with Gasteiger partial charge in [-0.2, -0.15) is 0 Å². The number of carbonyl (C=O) groups excluding carboxylic acids is 1. The molecule has 0 aromatic carbocycles. The summed E-state index contributed by atoms with van der Waals surface area (Å²) >= 11 is 3.73. The number of aliphatic hydroxyl groups excluding tert-OH is 2. The van der Waals surface area contributed by atoms with Crippen molar-refractivity contribution in [1.29, 1.82) is 0 Å². The van der Waals surface area contributed by atoms with Gasteiger partial charge in [-0.25, -0.2) is 0 Å². The fourth-order valence-corrected chi connectivity index (χ4v) is 8.25. The predicted molar refractivity (Wildman–Crippen MR) is 109 cm³/mol. The maximum atomic E-state index is 11.7. The number of esters is 1. The molecule has 3 fully saturated rings. The normalized spacial score (nSPS) is 50.2. The first-order valence-electron chi connectivity index (χ1n) is 10.6. The largest absolute Gasteiger partial charge is 0.461 e. The molecule has 9 atom stereocenters. The van der Waals surface area contributed by atoms with E-state index in [1.165, 1.54) is 12.5 Å². The van der Waals surface area contributed by atoms with Crippen molar-refractivity contribution >= 4 is 21.9 Å². The number of hydrogen-bond donors (Lipinski definition) is 2. The van der Waals surface area contributed by atoms with Crippen LogP contribution in [-0.2, 0) is 14.3 Å². The molecule has 28 heavy (non-hydrogen) atoms. The Morgan fingerprint density at radius 1 is 1.32 bits per heavy atom. The molecule has 158 valence electrons. The lowest BCUT2D eigenvalue weighted by Crippen LogP contribution is -2.57. The first kappa shape index (κ1) is 20.8. The predicted octanol–water partition coefficient (Wildman–Crippen LogP) is 3.21. The molecule has 0 aliphatic heterocycles. The van der Waals surface area contributed by atoms with Gasteiger partial charge in [-0.1, -0.05) is 34.5 Å². The minimum atomic E-state index is -0.518. The molecule has 0 amide bonds. The molecule has 2 N–H and O–H groups in total. The van der Waals surface area contributed by atoms with Gasteiger partial charge < -0.3 is 19.7 Å². The van der Waals surface area contributed by atoms with Gasteiger partial charge in [0.05, 0.1) is 23.6 Å². The minimum Gasteiger partial charge on any atom is -0.461 e. The van der Waals surface area contributed by atoms with Gasteiger partial charge in [0.1, 0.15) is 6.10 Å². The minimum absolute atomic E-state index is 0.00725. The third kappa shape index (κ3) is 2.93. The summed E-state index contributed by atoms with van der Waals surface area (Å²) in [4.78, 5) is 11.7. The van der Waals surface area contributed by atoms with E-state index in [0.717, 1.165) is 38.5 Å². The number of hydrogen-bond acceptors (Lipinski definition) is 5. The molecule has 0 bridgehead atoms. The zero-order chi connectivity index (χ0) is 20.3. The summed E-state index contributed by atoms with van der Waals surface area (Å²) in [7, 11) is 1.77. The van der Waals surface area contributed by atoms with Crippen LogP contribution in [0.3, 0.4) is 0 Å². The number of methoxy groups -OCH3 is 1. The fourth-order valence-electron chi connectivity index (χ4n) is 7.22. The first-order valence-corrected chi connectivity index (χ1v) is 11.5. The molecule has 5 nitrogen and oxygen atoms in total. The van der Waals surface area contributed by atoms with E-state index < -0.39 is 11.5 Å². The fraction of sp³-hybridized carbons (Fsp3) is 0.864. The van der Waals surface area contributed by atoms with Gasteiger partial charge in [-0.15, -0.1) is 0 Å². The molecule has 4 rings (SSSR count). The molecule has 0 aromatic heterocycles. The third-order valence-corrected chi connectivity index (χ3v) is 9.49. The lowest BCUT2D eigenvalue weighted by Gasteiger charge is -2.59. The van der Waals surface area contributed by atoms with Crippen LogP contribution in [0.15, 0.2) is 11.6 Å². The standard InChI is InChI=1S/C22H33BrO5/c1-12(25)28-20-17(23)10-16-19-15(5-7-22(16,20)11-24)21(2)6-4-14(27-3)8-13(21)9-18(19)26/h9,14-20,24,26H,4-8,10-11H2,1-3H3/t14-,15?,16?,17+,18-,19?,20?,21-,22+/m0/s1. The molecular formula is C22H33BrO5.